The van der Waals surface area contributed by atoms with Gasteiger partial charge in [-0.25, -0.2) is 0 Å². The van der Waals surface area contributed by atoms with Gasteiger partial charge in [-0.1, -0.05) is 48.5 Å². The fraction of sp³-hybridized carbons (Fsp3) is 0.359. The zero-order valence-corrected chi connectivity index (χ0v) is 27.1. The summed E-state index contributed by atoms with van der Waals surface area (Å²) >= 11 is 0. The topological polar surface area (TPSA) is 78.1 Å². The molecule has 4 aromatic rings. The Morgan fingerprint density at radius 2 is 0.630 bits per heavy atom. The maximum atomic E-state index is 15.0. The first kappa shape index (κ1) is 31.6. The Balaban J connectivity index is 1.45. The van der Waals surface area contributed by atoms with E-state index in [-0.39, 0.29) is 41.8 Å². The Kier molecular flexibility index (Phi) is 9.91. The number of nitrogens with one attached hydrogen (secondary N) is 2. The number of hydrogen-bond donors (Lipinski definition) is 2. The van der Waals surface area contributed by atoms with E-state index in [1.54, 1.807) is 0 Å². The zero-order chi connectivity index (χ0) is 32.0. The van der Waals surface area contributed by atoms with Crippen LogP contribution in [0.25, 0.3) is 0 Å². The van der Waals surface area contributed by atoms with Crippen LogP contribution in [0.1, 0.15) is 74.1 Å². The molecule has 0 spiro atoms. The quantitative estimate of drug-likeness (QED) is 0.169. The standard InChI is InChI=1S/C39H44N2O5/c1-5-43-29-17-9-25(10-18-29)35-33-36(26-11-19-30(20-12-26)44-6-2)41-38(28-15-23-32(24-16-28)46-8-4)34(39(33)42)37(40-35)27-13-21-31(22-14-27)45-7-3/h9-24,33-38,40-41H,5-8H2,1-4H3/t33?,34?,35-,36-,37-,38+/m1/s1. The van der Waals surface area contributed by atoms with E-state index in [0.29, 0.717) is 26.4 Å². The van der Waals surface area contributed by atoms with Crippen LogP contribution in [0.5, 0.6) is 23.0 Å². The van der Waals surface area contributed by atoms with Crippen molar-refractivity contribution in [3.63, 3.8) is 0 Å². The summed E-state index contributed by atoms with van der Waals surface area (Å²) in [4.78, 5) is 15.0. The first-order valence-electron chi connectivity index (χ1n) is 16.5. The number of carbonyl (C=O) groups is 1. The fourth-order valence-corrected chi connectivity index (χ4v) is 7.03. The molecule has 0 aliphatic carbocycles. The molecule has 2 heterocycles. The third-order valence-corrected chi connectivity index (χ3v) is 9.01. The molecule has 0 saturated carbocycles. The highest BCUT2D eigenvalue weighted by Gasteiger charge is 2.55. The summed E-state index contributed by atoms with van der Waals surface area (Å²) in [6.07, 6.45) is 0. The van der Waals surface area contributed by atoms with Gasteiger partial charge < -0.3 is 29.6 Å². The number of ketones is 1. The van der Waals surface area contributed by atoms with Crippen LogP contribution in [0.4, 0.5) is 0 Å². The first-order valence-corrected chi connectivity index (χ1v) is 16.5. The predicted octanol–water partition coefficient (Wildman–Crippen LogP) is 7.55. The van der Waals surface area contributed by atoms with E-state index >= 15 is 4.79 Å². The molecule has 2 aliphatic heterocycles. The number of rotatable bonds is 12. The lowest BCUT2D eigenvalue weighted by molar-refractivity contribution is -0.139. The van der Waals surface area contributed by atoms with Crippen molar-refractivity contribution in [2.75, 3.05) is 26.4 Å². The van der Waals surface area contributed by atoms with Gasteiger partial charge in [-0.15, -0.1) is 0 Å². The van der Waals surface area contributed by atoms with Crippen molar-refractivity contribution in [3.8, 4) is 23.0 Å². The second-order valence-corrected chi connectivity index (χ2v) is 11.7. The van der Waals surface area contributed by atoms with Crippen molar-refractivity contribution in [2.24, 2.45) is 11.8 Å². The third kappa shape index (κ3) is 6.48. The SMILES string of the molecule is CCOc1ccc([C@H]2N[C@H](c3ccc(OCC)cc3)C3C(=O)C2[C@@H](c2ccc(OCC)cc2)N[C@H]3c2ccc(OCC)cc2)cc1. The van der Waals surface area contributed by atoms with Crippen molar-refractivity contribution in [1.82, 2.24) is 10.6 Å². The smallest absolute Gasteiger partial charge is 0.146 e. The number of benzene rings is 4. The number of Topliss-reactive ketones (excluding diaryl/α,β-unsaturated/α-hetero) is 1. The molecular formula is C39H44N2O5. The number of piperidine rings is 2. The molecule has 0 amide bonds. The molecule has 2 unspecified atom stereocenters. The summed E-state index contributed by atoms with van der Waals surface area (Å²) in [5, 5.41) is 7.98. The van der Waals surface area contributed by atoms with Crippen molar-refractivity contribution in [1.29, 1.82) is 0 Å². The van der Waals surface area contributed by atoms with Gasteiger partial charge in [0.15, 0.2) is 0 Å². The van der Waals surface area contributed by atoms with Gasteiger partial charge in [-0.2, -0.15) is 0 Å². The molecule has 0 aromatic heterocycles. The Labute approximate surface area is 272 Å². The Morgan fingerprint density at radius 3 is 0.826 bits per heavy atom. The molecule has 2 N–H and O–H groups in total. The molecule has 7 nitrogen and oxygen atoms in total. The number of ether oxygens (including phenoxy) is 4. The zero-order valence-electron chi connectivity index (χ0n) is 27.1. The minimum Gasteiger partial charge on any atom is -0.494 e. The number of carbonyl (C=O) groups excluding carboxylic acids is 1. The summed E-state index contributed by atoms with van der Waals surface area (Å²) < 4.78 is 23.0. The van der Waals surface area contributed by atoms with Crippen LogP contribution in [0.15, 0.2) is 97.1 Å². The van der Waals surface area contributed by atoms with Crippen LogP contribution in [0.2, 0.25) is 0 Å². The van der Waals surface area contributed by atoms with Gasteiger partial charge >= 0.3 is 0 Å². The number of fused-ring (bicyclic) bond motifs is 2. The lowest BCUT2D eigenvalue weighted by Gasteiger charge is -2.52. The van der Waals surface area contributed by atoms with Crippen molar-refractivity contribution >= 4 is 5.78 Å². The largest absolute Gasteiger partial charge is 0.494 e. The van der Waals surface area contributed by atoms with Crippen LogP contribution in [-0.4, -0.2) is 32.2 Å². The molecule has 6 atom stereocenters. The van der Waals surface area contributed by atoms with E-state index in [9.17, 15) is 0 Å². The van der Waals surface area contributed by atoms with E-state index < -0.39 is 0 Å². The molecule has 2 aliphatic rings. The van der Waals surface area contributed by atoms with Crippen molar-refractivity contribution < 1.29 is 23.7 Å². The average molecular weight is 621 g/mol. The Bertz CT molecular complexity index is 1340. The average Bonchev–Trinajstić information content (AvgIpc) is 3.07. The van der Waals surface area contributed by atoms with Crippen molar-refractivity contribution in [3.05, 3.63) is 119 Å². The third-order valence-electron chi connectivity index (χ3n) is 9.01. The van der Waals surface area contributed by atoms with Crippen LogP contribution in [0.3, 0.4) is 0 Å². The minimum absolute atomic E-state index is 0.235. The molecule has 2 fully saturated rings. The van der Waals surface area contributed by atoms with Gasteiger partial charge in [0.25, 0.3) is 0 Å². The number of hydrogen-bond acceptors (Lipinski definition) is 7. The molecule has 6 rings (SSSR count). The first-order chi connectivity index (χ1) is 22.5. The molecule has 2 bridgehead atoms. The van der Waals surface area contributed by atoms with Gasteiger partial charge in [0, 0.05) is 24.2 Å². The fourth-order valence-electron chi connectivity index (χ4n) is 7.03. The molecule has 4 aromatic carbocycles. The van der Waals surface area contributed by atoms with Crippen LogP contribution >= 0.6 is 0 Å². The molecule has 0 radical (unpaired) electrons. The second kappa shape index (κ2) is 14.4. The van der Waals surface area contributed by atoms with E-state index in [1.807, 2.05) is 76.2 Å². The van der Waals surface area contributed by atoms with E-state index in [0.717, 1.165) is 45.3 Å². The molecule has 7 heteroatoms. The maximum absolute atomic E-state index is 15.0. The summed E-state index contributed by atoms with van der Waals surface area (Å²) in [7, 11) is 0. The van der Waals surface area contributed by atoms with Crippen LogP contribution < -0.4 is 29.6 Å². The second-order valence-electron chi connectivity index (χ2n) is 11.7. The van der Waals surface area contributed by atoms with E-state index in [1.165, 1.54) is 0 Å². The van der Waals surface area contributed by atoms with Gasteiger partial charge in [0.2, 0.25) is 0 Å². The Hall–Kier alpha value is -4.33. The van der Waals surface area contributed by atoms with Crippen LogP contribution in [-0.2, 0) is 4.79 Å². The molecule has 2 saturated heterocycles. The minimum atomic E-state index is -0.348. The van der Waals surface area contributed by atoms with Gasteiger partial charge in [-0.3, -0.25) is 4.79 Å². The summed E-state index contributed by atoms with van der Waals surface area (Å²) in [6, 6.07) is 31.7. The van der Waals surface area contributed by atoms with Gasteiger partial charge in [0.05, 0.1) is 38.3 Å². The summed E-state index contributed by atoms with van der Waals surface area (Å²) in [6.45, 7) is 10.3. The lowest BCUT2D eigenvalue weighted by Crippen LogP contribution is -2.60. The molecular weight excluding hydrogens is 576 g/mol. The molecule has 46 heavy (non-hydrogen) atoms. The Morgan fingerprint density at radius 1 is 0.413 bits per heavy atom. The van der Waals surface area contributed by atoms with Crippen LogP contribution in [0, 0.1) is 11.8 Å². The summed E-state index contributed by atoms with van der Waals surface area (Å²) in [5.41, 5.74) is 4.20. The normalized spacial score (nSPS) is 23.9. The molecule has 240 valence electrons. The highest BCUT2D eigenvalue weighted by molar-refractivity contribution is 5.89. The summed E-state index contributed by atoms with van der Waals surface area (Å²) in [5.74, 6) is 2.81. The maximum Gasteiger partial charge on any atom is 0.146 e. The van der Waals surface area contributed by atoms with Gasteiger partial charge in [0.1, 0.15) is 28.8 Å². The highest BCUT2D eigenvalue weighted by atomic mass is 16.5. The van der Waals surface area contributed by atoms with E-state index in [4.69, 9.17) is 18.9 Å². The van der Waals surface area contributed by atoms with Crippen molar-refractivity contribution in [2.45, 2.75) is 51.9 Å². The monoisotopic (exact) mass is 620 g/mol. The van der Waals surface area contributed by atoms with Gasteiger partial charge in [-0.05, 0) is 98.5 Å². The van der Waals surface area contributed by atoms with E-state index in [2.05, 4.69) is 59.2 Å². The highest BCUT2D eigenvalue weighted by Crippen LogP contribution is 2.52. The predicted molar refractivity (Wildman–Crippen MR) is 180 cm³/mol. The lowest BCUT2D eigenvalue weighted by atomic mass is 9.64.